The van der Waals surface area contributed by atoms with Crippen LogP contribution in [0.1, 0.15) is 0 Å². The van der Waals surface area contributed by atoms with Gasteiger partial charge >= 0.3 is 36.2 Å². The molecule has 0 amide bonds. The summed E-state index contributed by atoms with van der Waals surface area (Å²) < 4.78 is 37.1. The van der Waals surface area contributed by atoms with Crippen molar-refractivity contribution in [3.63, 3.8) is 0 Å². The van der Waals surface area contributed by atoms with E-state index in [4.69, 9.17) is 28.7 Å². The van der Waals surface area contributed by atoms with Crippen LogP contribution < -0.4 is 38.4 Å². The van der Waals surface area contributed by atoms with Crippen molar-refractivity contribution >= 4 is 33.2 Å². The maximum absolute atomic E-state index is 10.1. The second kappa shape index (κ2) is 8.87. The molecule has 0 atom stereocenters. The fourth-order valence-electron chi connectivity index (χ4n) is 0. The molecule has 0 aromatic rings. The molecule has 64 valence electrons. The molecule has 12 heavy (non-hydrogen) atoms. The smallest absolute Gasteiger partial charge is 0.786 e. The van der Waals surface area contributed by atoms with Crippen molar-refractivity contribution in [2.24, 2.45) is 0 Å². The van der Waals surface area contributed by atoms with Crippen LogP contribution in [0.3, 0.4) is 0 Å². The molecule has 0 heterocycles. The molecule has 0 N–H and O–H groups in total. The maximum atomic E-state index is 10.1. The van der Waals surface area contributed by atoms with E-state index < -0.39 is 15.8 Å². The zero-order valence-corrected chi connectivity index (χ0v) is 8.62. The summed E-state index contributed by atoms with van der Waals surface area (Å²) in [4.78, 5) is 33.8. The van der Waals surface area contributed by atoms with Gasteiger partial charge in [0.25, 0.3) is 0 Å². The van der Waals surface area contributed by atoms with Crippen LogP contribution in [-0.2, 0) is 9.13 Å². The average molecular weight is 230 g/mol. The molecule has 0 bridgehead atoms. The van der Waals surface area contributed by atoms with Crippen molar-refractivity contribution in [3.8, 4) is 0 Å². The Hall–Kier alpha value is 1.29. The van der Waals surface area contributed by atoms with Gasteiger partial charge in [-0.25, -0.2) is 8.39 Å². The molecule has 0 aliphatic carbocycles. The van der Waals surface area contributed by atoms with Gasteiger partial charge in [-0.2, -0.15) is 0 Å². The summed E-state index contributed by atoms with van der Waals surface area (Å²) in [6.45, 7) is 0. The molecule has 0 unspecified atom stereocenters. The standard InChI is InChI=1S/Al.2FH2O3P.Li/c;2*1-5(2,3)4;/h;2*(H2,2,3,4);/q+3;;;+1/p-4. The molecule has 0 saturated heterocycles. The minimum atomic E-state index is -5.64. The van der Waals surface area contributed by atoms with Crippen LogP contribution in [0.15, 0.2) is 0 Å². The molecule has 0 aromatic carbocycles. The molecule has 0 saturated carbocycles. The van der Waals surface area contributed by atoms with Crippen molar-refractivity contribution in [3.05, 3.63) is 0 Å². The van der Waals surface area contributed by atoms with Crippen LogP contribution in [0, 0.1) is 0 Å². The topological polar surface area (TPSA) is 126 Å². The van der Waals surface area contributed by atoms with E-state index in [0.717, 1.165) is 0 Å². The number of hydrogen-bond donors (Lipinski definition) is 0. The van der Waals surface area contributed by atoms with E-state index in [1.54, 1.807) is 0 Å². The Labute approximate surface area is 89.2 Å². The predicted molar refractivity (Wildman–Crippen MR) is 23.2 cm³/mol. The zero-order chi connectivity index (χ0) is 9.00. The summed E-state index contributed by atoms with van der Waals surface area (Å²) in [7, 11) is -11.3. The van der Waals surface area contributed by atoms with Gasteiger partial charge in [-0.05, 0) is 0 Å². The number of hydrogen-bond acceptors (Lipinski definition) is 6. The average Bonchev–Trinajstić information content (AvgIpc) is 1.12. The quantitative estimate of drug-likeness (QED) is 0.301. The summed E-state index contributed by atoms with van der Waals surface area (Å²) in [6.07, 6.45) is 0. The molecule has 0 aromatic heterocycles. The molecular weight excluding hydrogens is 230 g/mol. The number of halogens is 2. The van der Waals surface area contributed by atoms with Crippen molar-refractivity contribution in [1.82, 2.24) is 0 Å². The Morgan fingerprint density at radius 2 is 0.833 bits per heavy atom. The summed E-state index contributed by atoms with van der Waals surface area (Å²) in [5.74, 6) is 0. The molecule has 0 spiro atoms. The minimum absolute atomic E-state index is 0. The van der Waals surface area contributed by atoms with Gasteiger partial charge in [0.1, 0.15) is 15.8 Å². The minimum Gasteiger partial charge on any atom is -0.786 e. The molecule has 0 radical (unpaired) electrons. The molecule has 0 fully saturated rings. The van der Waals surface area contributed by atoms with Crippen molar-refractivity contribution in [1.29, 1.82) is 0 Å². The van der Waals surface area contributed by atoms with E-state index in [1.807, 2.05) is 0 Å². The largest absolute Gasteiger partial charge is 3.00 e. The summed E-state index contributed by atoms with van der Waals surface area (Å²) in [5.41, 5.74) is 0. The molecule has 6 nitrogen and oxygen atoms in total. The second-order valence-corrected chi connectivity index (χ2v) is 2.58. The van der Waals surface area contributed by atoms with E-state index >= 15 is 0 Å². The fourth-order valence-corrected chi connectivity index (χ4v) is 0. The molecular formula is AlF2LiO6P2. The first-order chi connectivity index (χ1) is 4.00. The van der Waals surface area contributed by atoms with Crippen molar-refractivity contribution in [2.45, 2.75) is 0 Å². The Morgan fingerprint density at radius 3 is 0.833 bits per heavy atom. The third-order valence-corrected chi connectivity index (χ3v) is 0. The third kappa shape index (κ3) is 718. The van der Waals surface area contributed by atoms with E-state index in [9.17, 15) is 8.39 Å². The van der Waals surface area contributed by atoms with Gasteiger partial charge in [0, 0.05) is 0 Å². The Bertz CT molecular complexity index is 136. The third-order valence-electron chi connectivity index (χ3n) is 0. The van der Waals surface area contributed by atoms with Crippen molar-refractivity contribution in [2.75, 3.05) is 0 Å². The van der Waals surface area contributed by atoms with Crippen LogP contribution >= 0.6 is 15.8 Å². The van der Waals surface area contributed by atoms with E-state index in [0.29, 0.717) is 0 Å². The van der Waals surface area contributed by atoms with Gasteiger partial charge in [0.15, 0.2) is 0 Å². The summed E-state index contributed by atoms with van der Waals surface area (Å²) in [6, 6.07) is 0. The molecule has 12 heteroatoms. The SMILES string of the molecule is O=P([O-])([O-])F.O=P([O-])([O-])F.[Al+3].[Li+]. The predicted octanol–water partition coefficient (Wildman–Crippen LogP) is -5.81. The van der Waals surface area contributed by atoms with Crippen LogP contribution in [-0.4, -0.2) is 17.4 Å². The summed E-state index contributed by atoms with van der Waals surface area (Å²) in [5, 5.41) is 0. The fraction of sp³-hybridized carbons (Fsp3) is 0. The van der Waals surface area contributed by atoms with Gasteiger partial charge < -0.3 is 28.7 Å². The van der Waals surface area contributed by atoms with Gasteiger partial charge in [0.2, 0.25) is 0 Å². The normalized spacial score (nSPS) is 9.83. The van der Waals surface area contributed by atoms with E-state index in [2.05, 4.69) is 0 Å². The number of rotatable bonds is 0. The summed E-state index contributed by atoms with van der Waals surface area (Å²) >= 11 is 0. The first-order valence-electron chi connectivity index (χ1n) is 1.43. The van der Waals surface area contributed by atoms with E-state index in [1.165, 1.54) is 0 Å². The van der Waals surface area contributed by atoms with Gasteiger partial charge in [-0.1, -0.05) is 0 Å². The molecule has 0 aliphatic rings. The van der Waals surface area contributed by atoms with Gasteiger partial charge in [0.05, 0.1) is 0 Å². The Morgan fingerprint density at radius 1 is 0.833 bits per heavy atom. The van der Waals surface area contributed by atoms with Crippen LogP contribution in [0.25, 0.3) is 0 Å². The monoisotopic (exact) mass is 230 g/mol. The molecule has 0 rings (SSSR count). The van der Waals surface area contributed by atoms with E-state index in [-0.39, 0.29) is 36.2 Å². The Kier molecular flexibility index (Phi) is 17.2. The van der Waals surface area contributed by atoms with Crippen LogP contribution in [0.4, 0.5) is 8.39 Å². The zero-order valence-electron chi connectivity index (χ0n) is 5.68. The second-order valence-electron chi connectivity index (χ2n) is 0.861. The molecule has 0 aliphatic heterocycles. The van der Waals surface area contributed by atoms with Gasteiger partial charge in [-0.3, -0.25) is 0 Å². The van der Waals surface area contributed by atoms with Crippen molar-refractivity contribution < 1.29 is 56.0 Å². The first kappa shape index (κ1) is 23.3. The van der Waals surface area contributed by atoms with Crippen LogP contribution in [0.2, 0.25) is 0 Å². The first-order valence-corrected chi connectivity index (χ1v) is 4.30. The Balaban J connectivity index is -0.0000000457. The maximum Gasteiger partial charge on any atom is 3.00 e. The van der Waals surface area contributed by atoms with Gasteiger partial charge in [-0.15, -0.1) is 0 Å². The van der Waals surface area contributed by atoms with Crippen LogP contribution in [0.5, 0.6) is 0 Å².